The van der Waals surface area contributed by atoms with Crippen LogP contribution in [0.25, 0.3) is 60.8 Å². The predicted molar refractivity (Wildman–Crippen MR) is 318 cm³/mol. The van der Waals surface area contributed by atoms with Crippen LogP contribution in [0.2, 0.25) is 0 Å². The largest absolute Gasteiger partial charge is 0.354 e. The van der Waals surface area contributed by atoms with Gasteiger partial charge in [-0.15, -0.1) is 0 Å². The molecule has 0 aliphatic carbocycles. The van der Waals surface area contributed by atoms with E-state index in [0.29, 0.717) is 0 Å². The molecule has 0 saturated heterocycles. The number of hydrogen-bond acceptors (Lipinski definition) is 1. The molecule has 3 nitrogen and oxygen atoms in total. The number of H-pyrrole nitrogens is 1. The summed E-state index contributed by atoms with van der Waals surface area (Å²) in [7, 11) is 0. The van der Waals surface area contributed by atoms with Gasteiger partial charge in [-0.3, -0.25) is 0 Å². The maximum Gasteiger partial charge on any atom is 0.0646 e. The van der Waals surface area contributed by atoms with E-state index in [-0.39, 0.29) is 33.1 Å². The summed E-state index contributed by atoms with van der Waals surface area (Å²) >= 11 is 0. The Hall–Kier alpha value is -6.84. The van der Waals surface area contributed by atoms with E-state index in [0.717, 1.165) is 40.3 Å². The fourth-order valence-corrected chi connectivity index (χ4v) is 10.7. The molecule has 0 aliphatic rings. The molecule has 0 fully saturated rings. The molecule has 9 aromatic rings. The molecule has 2 aromatic heterocycles. The summed E-state index contributed by atoms with van der Waals surface area (Å²) in [6, 6.07) is 59.7. The van der Waals surface area contributed by atoms with Crippen molar-refractivity contribution in [3.8, 4) is 28.1 Å². The van der Waals surface area contributed by atoms with E-state index in [4.69, 9.17) is 0 Å². The molecule has 1 N–H and O–H groups in total. The molecule has 1 unspecified atom stereocenters. The Kier molecular flexibility index (Phi) is 13.2. The Balaban J connectivity index is 1.41. The Labute approximate surface area is 437 Å². The third-order valence-electron chi connectivity index (χ3n) is 15.1. The first-order valence-electron chi connectivity index (χ1n) is 26.6. The number of anilines is 2. The van der Waals surface area contributed by atoms with Crippen molar-refractivity contribution in [3.63, 3.8) is 0 Å². The minimum Gasteiger partial charge on any atom is -0.354 e. The van der Waals surface area contributed by atoms with E-state index in [2.05, 4.69) is 295 Å². The lowest BCUT2D eigenvalue weighted by Gasteiger charge is -2.36. The smallest absolute Gasteiger partial charge is 0.0646 e. The molecule has 3 heteroatoms. The van der Waals surface area contributed by atoms with E-state index < -0.39 is 0 Å². The second kappa shape index (κ2) is 18.9. The van der Waals surface area contributed by atoms with Gasteiger partial charge in [0.25, 0.3) is 0 Å². The minimum atomic E-state index is -0.165. The SMILES string of the molecule is C=CC(=CCC(c1cc(C(C)(C)C)cc2c(-c3ccccc3)c(-c3ccccc3)[nH]c12)N(c1ccc(C(C)(C)C)cc1)c1ccc2c3cc(C(C)(C)C)ccc3n(-c3ccc(C(C)(C)C)cc3)c2c1)C(C)(C)C. The van der Waals surface area contributed by atoms with Gasteiger partial charge in [0.05, 0.1) is 28.3 Å². The summed E-state index contributed by atoms with van der Waals surface area (Å²) in [5.74, 6) is 0. The summed E-state index contributed by atoms with van der Waals surface area (Å²) in [6.07, 6.45) is 5.26. The van der Waals surface area contributed by atoms with Gasteiger partial charge in [-0.25, -0.2) is 0 Å². The molecule has 0 radical (unpaired) electrons. The quantitative estimate of drug-likeness (QED) is 0.136. The normalized spacial score (nSPS) is 13.5. The Morgan fingerprint density at radius 3 is 1.58 bits per heavy atom. The molecule has 0 saturated carbocycles. The zero-order valence-corrected chi connectivity index (χ0v) is 46.6. The first kappa shape index (κ1) is 51.1. The second-order valence-electron chi connectivity index (χ2n) is 25.7. The maximum atomic E-state index is 4.39. The fraction of sp³-hybridized carbons (Fsp3) is 0.314. The fourth-order valence-electron chi connectivity index (χ4n) is 10.7. The second-order valence-corrected chi connectivity index (χ2v) is 25.7. The van der Waals surface area contributed by atoms with Crippen LogP contribution in [-0.4, -0.2) is 9.55 Å². The molecular weight excluding hydrogens is 883 g/mol. The van der Waals surface area contributed by atoms with Crippen LogP contribution in [-0.2, 0) is 21.7 Å². The van der Waals surface area contributed by atoms with Crippen molar-refractivity contribution in [2.75, 3.05) is 4.90 Å². The molecule has 374 valence electrons. The van der Waals surface area contributed by atoms with Crippen LogP contribution in [0.5, 0.6) is 0 Å². The van der Waals surface area contributed by atoms with Crippen molar-refractivity contribution in [2.45, 2.75) is 138 Å². The van der Waals surface area contributed by atoms with E-state index in [1.165, 1.54) is 71.7 Å². The summed E-state index contributed by atoms with van der Waals surface area (Å²) in [5.41, 5.74) is 19.2. The maximum absolute atomic E-state index is 4.39. The van der Waals surface area contributed by atoms with Gasteiger partial charge in [0.1, 0.15) is 0 Å². The molecule has 9 rings (SSSR count). The highest BCUT2D eigenvalue weighted by Crippen LogP contribution is 2.48. The van der Waals surface area contributed by atoms with Crippen LogP contribution < -0.4 is 4.90 Å². The van der Waals surface area contributed by atoms with Crippen LogP contribution in [0.15, 0.2) is 182 Å². The van der Waals surface area contributed by atoms with Crippen molar-refractivity contribution < 1.29 is 0 Å². The van der Waals surface area contributed by atoms with Crippen LogP contribution in [0.3, 0.4) is 0 Å². The first-order valence-corrected chi connectivity index (χ1v) is 26.6. The third-order valence-corrected chi connectivity index (χ3v) is 15.1. The zero-order chi connectivity index (χ0) is 52.4. The molecule has 7 aromatic carbocycles. The standard InChI is InChI=1S/C70H79N3/c1-17-48(66(2,3)4)32-40-61(58-43-52(70(14,15)16)44-59-63(46-24-20-18-21-25-46)64(71-65(58)59)47-26-22-19-23-27-47)72(53-34-28-49(29-35-53)67(5,6)7)55-38-39-56-57-42-51(69(11,12)13)33-41-60(57)73(62(56)45-55)54-36-30-50(31-37-54)68(8,9)10/h17-39,41-45,61,71H,1,40H2,2-16H3. The van der Waals surface area contributed by atoms with Gasteiger partial charge in [0.15, 0.2) is 0 Å². The highest BCUT2D eigenvalue weighted by atomic mass is 15.2. The van der Waals surface area contributed by atoms with Gasteiger partial charge in [0.2, 0.25) is 0 Å². The number of fused-ring (bicyclic) bond motifs is 4. The topological polar surface area (TPSA) is 24.0 Å². The van der Waals surface area contributed by atoms with Crippen LogP contribution in [0, 0.1) is 5.41 Å². The van der Waals surface area contributed by atoms with Crippen molar-refractivity contribution >= 4 is 44.1 Å². The van der Waals surface area contributed by atoms with Crippen LogP contribution in [0.4, 0.5) is 11.4 Å². The van der Waals surface area contributed by atoms with Gasteiger partial charge < -0.3 is 14.5 Å². The van der Waals surface area contributed by atoms with Crippen LogP contribution >= 0.6 is 0 Å². The van der Waals surface area contributed by atoms with Crippen molar-refractivity contribution in [3.05, 3.63) is 210 Å². The predicted octanol–water partition coefficient (Wildman–Crippen LogP) is 20.2. The number of allylic oxidation sites excluding steroid dienone is 2. The summed E-state index contributed by atoms with van der Waals surface area (Å²) in [4.78, 5) is 6.81. The molecule has 0 bridgehead atoms. The molecule has 73 heavy (non-hydrogen) atoms. The van der Waals surface area contributed by atoms with Crippen molar-refractivity contribution in [1.29, 1.82) is 0 Å². The number of benzene rings is 7. The highest BCUT2D eigenvalue weighted by Gasteiger charge is 2.31. The molecular formula is C70H79N3. The van der Waals surface area contributed by atoms with Gasteiger partial charge in [-0.1, -0.05) is 226 Å². The Morgan fingerprint density at radius 1 is 0.507 bits per heavy atom. The molecule has 2 heterocycles. The van der Waals surface area contributed by atoms with E-state index in [9.17, 15) is 0 Å². The van der Waals surface area contributed by atoms with Gasteiger partial charge >= 0.3 is 0 Å². The monoisotopic (exact) mass is 962 g/mol. The van der Waals surface area contributed by atoms with Crippen LogP contribution in [0.1, 0.15) is 144 Å². The van der Waals surface area contributed by atoms with Gasteiger partial charge in [0, 0.05) is 38.8 Å². The highest BCUT2D eigenvalue weighted by molar-refractivity contribution is 6.11. The molecule has 0 aliphatic heterocycles. The summed E-state index contributed by atoms with van der Waals surface area (Å²) in [5, 5.41) is 3.74. The minimum absolute atomic E-state index is 0.00346. The van der Waals surface area contributed by atoms with Gasteiger partial charge in [-0.2, -0.15) is 0 Å². The summed E-state index contributed by atoms with van der Waals surface area (Å²) in [6.45, 7) is 39.1. The number of hydrogen-bond donors (Lipinski definition) is 1. The third kappa shape index (κ3) is 10.1. The lowest BCUT2D eigenvalue weighted by molar-refractivity contribution is 0.512. The average molecular weight is 962 g/mol. The molecule has 0 amide bonds. The number of nitrogens with zero attached hydrogens (tertiary/aromatic N) is 2. The number of nitrogens with one attached hydrogen (secondary N) is 1. The lowest BCUT2D eigenvalue weighted by Crippen LogP contribution is -2.25. The molecule has 1 atom stereocenters. The molecule has 0 spiro atoms. The zero-order valence-electron chi connectivity index (χ0n) is 46.6. The Bertz CT molecular complexity index is 3470. The van der Waals surface area contributed by atoms with Gasteiger partial charge in [-0.05, 0) is 133 Å². The first-order chi connectivity index (χ1) is 34.3. The Morgan fingerprint density at radius 2 is 1.03 bits per heavy atom. The lowest BCUT2D eigenvalue weighted by atomic mass is 9.82. The summed E-state index contributed by atoms with van der Waals surface area (Å²) < 4.78 is 2.50. The van der Waals surface area contributed by atoms with Crippen molar-refractivity contribution in [1.82, 2.24) is 9.55 Å². The van der Waals surface area contributed by atoms with E-state index in [1.54, 1.807) is 0 Å². The average Bonchev–Trinajstić information content (AvgIpc) is 3.88. The van der Waals surface area contributed by atoms with E-state index >= 15 is 0 Å². The van der Waals surface area contributed by atoms with E-state index in [1.807, 2.05) is 0 Å². The van der Waals surface area contributed by atoms with Crippen molar-refractivity contribution in [2.24, 2.45) is 5.41 Å². The number of aromatic nitrogens is 2. The number of rotatable bonds is 10. The number of aromatic amines is 1.